The number of aromatic nitrogens is 5. The molecule has 0 bridgehead atoms. The third-order valence-corrected chi connectivity index (χ3v) is 5.01. The van der Waals surface area contributed by atoms with Gasteiger partial charge in [-0.1, -0.05) is 32.9 Å². The van der Waals surface area contributed by atoms with E-state index in [1.807, 2.05) is 0 Å². The smallest absolute Gasteiger partial charge is 0.244 e. The van der Waals surface area contributed by atoms with E-state index in [2.05, 4.69) is 58.3 Å². The number of nitrogens with zero attached hydrogens (tertiary/aromatic N) is 4. The first-order valence-electron chi connectivity index (χ1n) is 8.50. The Balaban J connectivity index is 1.72. The first-order chi connectivity index (χ1) is 11.0. The van der Waals surface area contributed by atoms with Gasteiger partial charge in [0.05, 0.1) is 6.04 Å². The third-order valence-electron chi connectivity index (χ3n) is 5.01. The van der Waals surface area contributed by atoms with E-state index in [-0.39, 0.29) is 6.04 Å². The minimum atomic E-state index is 0.0600. The summed E-state index contributed by atoms with van der Waals surface area (Å²) in [5.41, 5.74) is 0. The summed E-state index contributed by atoms with van der Waals surface area (Å²) in [5.74, 6) is 3.54. The van der Waals surface area contributed by atoms with Gasteiger partial charge in [-0.15, -0.1) is 0 Å². The number of rotatable bonds is 5. The summed E-state index contributed by atoms with van der Waals surface area (Å²) in [6.45, 7) is 9.04. The quantitative estimate of drug-likeness (QED) is 0.880. The van der Waals surface area contributed by atoms with E-state index in [4.69, 9.17) is 4.52 Å². The maximum atomic E-state index is 5.49. The minimum Gasteiger partial charge on any atom is -0.337 e. The fraction of sp³-hybridized carbons (Fsp3) is 0.750. The summed E-state index contributed by atoms with van der Waals surface area (Å²) in [7, 11) is 0. The van der Waals surface area contributed by atoms with Crippen molar-refractivity contribution in [2.75, 3.05) is 0 Å². The molecule has 0 aromatic carbocycles. The number of hydrogen-bond donors (Lipinski definition) is 2. The molecule has 1 fully saturated rings. The van der Waals surface area contributed by atoms with E-state index >= 15 is 0 Å². The van der Waals surface area contributed by atoms with Crippen LogP contribution in [0.4, 0.5) is 0 Å². The molecular formula is C16H26N6O. The van der Waals surface area contributed by atoms with Crippen molar-refractivity contribution in [3.8, 4) is 11.6 Å². The highest BCUT2D eigenvalue weighted by molar-refractivity contribution is 5.39. The van der Waals surface area contributed by atoms with Crippen LogP contribution in [-0.4, -0.2) is 31.4 Å². The van der Waals surface area contributed by atoms with Crippen LogP contribution in [0.25, 0.3) is 11.6 Å². The SMILES string of the molecule is CC(C)[C@H](N[C@@H]1CC[C@@H](C)[C@@H](C)C1)c1nc(-c2ncn[nH]2)no1. The van der Waals surface area contributed by atoms with Crippen molar-refractivity contribution in [2.24, 2.45) is 17.8 Å². The van der Waals surface area contributed by atoms with Crippen LogP contribution in [0.15, 0.2) is 10.9 Å². The average molecular weight is 318 g/mol. The molecule has 1 saturated carbocycles. The lowest BCUT2D eigenvalue weighted by Crippen LogP contribution is -2.40. The molecule has 23 heavy (non-hydrogen) atoms. The van der Waals surface area contributed by atoms with Crippen molar-refractivity contribution in [1.29, 1.82) is 0 Å². The van der Waals surface area contributed by atoms with E-state index in [1.165, 1.54) is 25.6 Å². The van der Waals surface area contributed by atoms with Gasteiger partial charge < -0.3 is 9.84 Å². The molecule has 7 heteroatoms. The summed E-state index contributed by atoms with van der Waals surface area (Å²) in [6, 6.07) is 0.569. The molecule has 2 aromatic heterocycles. The van der Waals surface area contributed by atoms with Gasteiger partial charge in [-0.05, 0) is 37.0 Å². The summed E-state index contributed by atoms with van der Waals surface area (Å²) in [5, 5.41) is 14.3. The summed E-state index contributed by atoms with van der Waals surface area (Å²) >= 11 is 0. The maximum Gasteiger partial charge on any atom is 0.244 e. The van der Waals surface area contributed by atoms with E-state index in [0.717, 1.165) is 11.8 Å². The van der Waals surface area contributed by atoms with Crippen molar-refractivity contribution >= 4 is 0 Å². The predicted octanol–water partition coefficient (Wildman–Crippen LogP) is 2.97. The Hall–Kier alpha value is -1.76. The second-order valence-corrected chi connectivity index (χ2v) is 7.14. The lowest BCUT2D eigenvalue weighted by Gasteiger charge is -2.35. The summed E-state index contributed by atoms with van der Waals surface area (Å²) in [4.78, 5) is 8.57. The average Bonchev–Trinajstić information content (AvgIpc) is 3.18. The van der Waals surface area contributed by atoms with E-state index in [1.54, 1.807) is 0 Å². The zero-order valence-electron chi connectivity index (χ0n) is 14.3. The van der Waals surface area contributed by atoms with Crippen LogP contribution in [0.5, 0.6) is 0 Å². The van der Waals surface area contributed by atoms with Crippen LogP contribution in [0.3, 0.4) is 0 Å². The van der Waals surface area contributed by atoms with Crippen molar-refractivity contribution in [3.05, 3.63) is 12.2 Å². The van der Waals surface area contributed by atoms with Crippen molar-refractivity contribution in [2.45, 2.75) is 59.0 Å². The lowest BCUT2D eigenvalue weighted by atomic mass is 9.78. The maximum absolute atomic E-state index is 5.49. The van der Waals surface area contributed by atoms with E-state index in [9.17, 15) is 0 Å². The Bertz CT molecular complexity index is 608. The van der Waals surface area contributed by atoms with Crippen LogP contribution >= 0.6 is 0 Å². The van der Waals surface area contributed by atoms with E-state index < -0.39 is 0 Å². The molecule has 0 unspecified atom stereocenters. The van der Waals surface area contributed by atoms with Crippen molar-refractivity contribution < 1.29 is 4.52 Å². The molecular weight excluding hydrogens is 292 g/mol. The van der Waals surface area contributed by atoms with Gasteiger partial charge in [0.2, 0.25) is 11.7 Å². The topological polar surface area (TPSA) is 92.5 Å². The second-order valence-electron chi connectivity index (χ2n) is 7.14. The summed E-state index contributed by atoms with van der Waals surface area (Å²) in [6.07, 6.45) is 5.12. The highest BCUT2D eigenvalue weighted by Crippen LogP contribution is 2.32. The Kier molecular flexibility index (Phi) is 4.75. The van der Waals surface area contributed by atoms with Gasteiger partial charge in [-0.2, -0.15) is 10.1 Å². The van der Waals surface area contributed by atoms with Crippen LogP contribution in [0.2, 0.25) is 0 Å². The molecule has 2 heterocycles. The first-order valence-corrected chi connectivity index (χ1v) is 8.50. The molecule has 0 aliphatic heterocycles. The van der Waals surface area contributed by atoms with Crippen molar-refractivity contribution in [3.63, 3.8) is 0 Å². The van der Waals surface area contributed by atoms with Gasteiger partial charge in [0.25, 0.3) is 0 Å². The molecule has 1 aliphatic rings. The molecule has 1 aliphatic carbocycles. The monoisotopic (exact) mass is 318 g/mol. The van der Waals surface area contributed by atoms with Gasteiger partial charge >= 0.3 is 0 Å². The normalized spacial score (nSPS) is 26.6. The van der Waals surface area contributed by atoms with Crippen LogP contribution < -0.4 is 5.32 Å². The largest absolute Gasteiger partial charge is 0.337 e. The molecule has 7 nitrogen and oxygen atoms in total. The molecule has 0 saturated heterocycles. The van der Waals surface area contributed by atoms with Crippen LogP contribution in [0, 0.1) is 17.8 Å². The summed E-state index contributed by atoms with van der Waals surface area (Å²) < 4.78 is 5.49. The Morgan fingerprint density at radius 1 is 1.26 bits per heavy atom. The number of hydrogen-bond acceptors (Lipinski definition) is 6. The highest BCUT2D eigenvalue weighted by Gasteiger charge is 2.30. The Morgan fingerprint density at radius 2 is 2.09 bits per heavy atom. The lowest BCUT2D eigenvalue weighted by molar-refractivity contribution is 0.189. The van der Waals surface area contributed by atoms with Crippen molar-refractivity contribution in [1.82, 2.24) is 30.6 Å². The fourth-order valence-electron chi connectivity index (χ4n) is 3.27. The second kappa shape index (κ2) is 6.78. The number of aromatic amines is 1. The molecule has 0 amide bonds. The first kappa shape index (κ1) is 16.1. The zero-order chi connectivity index (χ0) is 16.4. The highest BCUT2D eigenvalue weighted by atomic mass is 16.5. The molecule has 4 atom stereocenters. The van der Waals surface area contributed by atoms with Gasteiger partial charge in [0, 0.05) is 6.04 Å². The predicted molar refractivity (Wildman–Crippen MR) is 86.4 cm³/mol. The molecule has 126 valence electrons. The third kappa shape index (κ3) is 3.60. The molecule has 3 rings (SSSR count). The van der Waals surface area contributed by atoms with Gasteiger partial charge in [-0.25, -0.2) is 4.98 Å². The van der Waals surface area contributed by atoms with Crippen LogP contribution in [-0.2, 0) is 0 Å². The van der Waals surface area contributed by atoms with E-state index in [0.29, 0.717) is 29.5 Å². The van der Waals surface area contributed by atoms with Gasteiger partial charge in [0.1, 0.15) is 6.33 Å². The molecule has 0 spiro atoms. The molecule has 2 N–H and O–H groups in total. The molecule has 2 aromatic rings. The number of H-pyrrole nitrogens is 1. The number of nitrogens with one attached hydrogen (secondary N) is 2. The fourth-order valence-corrected chi connectivity index (χ4v) is 3.27. The Labute approximate surface area is 136 Å². The van der Waals surface area contributed by atoms with Gasteiger partial charge in [0.15, 0.2) is 5.82 Å². The standard InChI is InChI=1S/C16H26N6O/c1-9(2)13(19-12-6-5-10(3)11(4)7-12)16-20-15(22-23-16)14-17-8-18-21-14/h8-13,19H,5-7H2,1-4H3,(H,17,18,21)/t10-,11+,12-,13+/m1/s1. The zero-order valence-corrected chi connectivity index (χ0v) is 14.3. The Morgan fingerprint density at radius 3 is 2.74 bits per heavy atom. The molecule has 0 radical (unpaired) electrons. The minimum absolute atomic E-state index is 0.0600. The van der Waals surface area contributed by atoms with Crippen LogP contribution in [0.1, 0.15) is 58.9 Å². The van der Waals surface area contributed by atoms with Gasteiger partial charge in [-0.3, -0.25) is 5.10 Å².